The number of carbonyl (C=O) groups excluding carboxylic acids is 1. The fourth-order valence-corrected chi connectivity index (χ4v) is 5.61. The van der Waals surface area contributed by atoms with Gasteiger partial charge in [0.2, 0.25) is 0 Å². The van der Waals surface area contributed by atoms with E-state index in [1.807, 2.05) is 25.3 Å². The Labute approximate surface area is 174 Å². The molecule has 2 heterocycles. The van der Waals surface area contributed by atoms with Gasteiger partial charge in [-0.3, -0.25) is 10.0 Å². The molecule has 0 saturated heterocycles. The number of benzene rings is 1. The van der Waals surface area contributed by atoms with Gasteiger partial charge in [0.05, 0.1) is 17.6 Å². The van der Waals surface area contributed by atoms with Crippen molar-refractivity contribution in [3.63, 3.8) is 0 Å². The maximum atomic E-state index is 11.7. The van der Waals surface area contributed by atoms with Gasteiger partial charge in [0.1, 0.15) is 10.8 Å². The summed E-state index contributed by atoms with van der Waals surface area (Å²) in [6, 6.07) is 7.86. The Kier molecular flexibility index (Phi) is 5.27. The summed E-state index contributed by atoms with van der Waals surface area (Å²) in [5.74, 6) is 0.503. The first kappa shape index (κ1) is 19.8. The molecule has 0 aliphatic heterocycles. The molecule has 0 unspecified atom stereocenters. The highest BCUT2D eigenvalue weighted by Gasteiger charge is 2.40. The Morgan fingerprint density at radius 2 is 1.93 bits per heavy atom. The van der Waals surface area contributed by atoms with Crippen molar-refractivity contribution in [1.29, 1.82) is 0 Å². The first-order chi connectivity index (χ1) is 14.0. The number of imidazole rings is 1. The smallest absolute Gasteiger partial charge is 0.274 e. The topological polar surface area (TPSA) is 80.0 Å². The first-order valence-corrected chi connectivity index (χ1v) is 10.9. The molecule has 3 aromatic rings. The molecule has 0 radical (unpaired) electrons. The number of amides is 1. The van der Waals surface area contributed by atoms with Crippen molar-refractivity contribution >= 4 is 17.2 Å². The van der Waals surface area contributed by atoms with E-state index >= 15 is 0 Å². The summed E-state index contributed by atoms with van der Waals surface area (Å²) in [7, 11) is 0. The molecule has 1 aliphatic rings. The molecule has 1 amide bonds. The van der Waals surface area contributed by atoms with Crippen LogP contribution in [0.2, 0.25) is 0 Å². The van der Waals surface area contributed by atoms with Gasteiger partial charge in [-0.15, -0.1) is 11.3 Å². The van der Waals surface area contributed by atoms with E-state index in [0.717, 1.165) is 47.9 Å². The second kappa shape index (κ2) is 7.72. The van der Waals surface area contributed by atoms with E-state index in [1.165, 1.54) is 5.56 Å². The van der Waals surface area contributed by atoms with Crippen LogP contribution in [0.15, 0.2) is 35.8 Å². The van der Waals surface area contributed by atoms with Crippen LogP contribution in [0, 0.1) is 6.92 Å². The number of hydrogen-bond acceptors (Lipinski definition) is 5. The highest BCUT2D eigenvalue weighted by atomic mass is 32.1. The Balaban J connectivity index is 1.73. The molecule has 6 nitrogen and oxygen atoms in total. The van der Waals surface area contributed by atoms with Crippen LogP contribution in [0.3, 0.4) is 0 Å². The van der Waals surface area contributed by atoms with Crippen LogP contribution < -0.4 is 5.48 Å². The molecule has 29 heavy (non-hydrogen) atoms. The third-order valence-electron chi connectivity index (χ3n) is 5.93. The molecule has 1 aromatic carbocycles. The van der Waals surface area contributed by atoms with Crippen molar-refractivity contribution in [2.45, 2.75) is 57.9 Å². The minimum absolute atomic E-state index is 0.116. The second-order valence-corrected chi connectivity index (χ2v) is 8.86. The fraction of sp³-hybridized carbons (Fsp3) is 0.409. The van der Waals surface area contributed by atoms with Crippen LogP contribution in [-0.2, 0) is 5.41 Å². The largest absolute Gasteiger partial charge is 0.324 e. The lowest BCUT2D eigenvalue weighted by molar-refractivity contribution is 0.0706. The number of nitrogens with zero attached hydrogens (tertiary/aromatic N) is 3. The van der Waals surface area contributed by atoms with E-state index in [2.05, 4.69) is 28.8 Å². The highest BCUT2D eigenvalue weighted by molar-refractivity contribution is 7.10. The zero-order valence-electron chi connectivity index (χ0n) is 17.0. The SMILES string of the molecule is Cc1ncc(-c2csc(C3(c4ccc(C(=O)NO)cc4)CCCC3)n2)n1C(C)C. The third-order valence-corrected chi connectivity index (χ3v) is 6.98. The summed E-state index contributed by atoms with van der Waals surface area (Å²) in [4.78, 5) is 21.2. The number of rotatable bonds is 5. The molecule has 1 fully saturated rings. The lowest BCUT2D eigenvalue weighted by Crippen LogP contribution is -2.24. The van der Waals surface area contributed by atoms with Gasteiger partial charge in [-0.1, -0.05) is 25.0 Å². The van der Waals surface area contributed by atoms with Gasteiger partial charge in [0.25, 0.3) is 5.91 Å². The summed E-state index contributed by atoms with van der Waals surface area (Å²) in [6.07, 6.45) is 6.34. The molecular formula is C22H26N4O2S. The van der Waals surface area contributed by atoms with Gasteiger partial charge in [0, 0.05) is 22.4 Å². The minimum Gasteiger partial charge on any atom is -0.324 e. The molecule has 2 aromatic heterocycles. The standard InChI is InChI=1S/C22H26N4O2S/c1-14(2)26-15(3)23-12-19(26)18-13-29-21(24-18)22(10-4-5-11-22)17-8-6-16(7-9-17)20(27)25-28/h6-9,12-14,28H,4-5,10-11H2,1-3H3,(H,25,27). The zero-order chi connectivity index (χ0) is 20.6. The maximum Gasteiger partial charge on any atom is 0.274 e. The summed E-state index contributed by atoms with van der Waals surface area (Å²) in [6.45, 7) is 6.35. The molecule has 4 rings (SSSR count). The maximum absolute atomic E-state index is 11.7. The highest BCUT2D eigenvalue weighted by Crippen LogP contribution is 2.48. The first-order valence-electron chi connectivity index (χ1n) is 10.0. The minimum atomic E-state index is -0.495. The normalized spacial score (nSPS) is 15.8. The van der Waals surface area contributed by atoms with Crippen molar-refractivity contribution in [2.75, 3.05) is 0 Å². The number of aromatic nitrogens is 3. The lowest BCUT2D eigenvalue weighted by Gasteiger charge is -2.27. The summed E-state index contributed by atoms with van der Waals surface area (Å²) >= 11 is 1.71. The Bertz CT molecular complexity index is 1010. The van der Waals surface area contributed by atoms with E-state index in [4.69, 9.17) is 10.2 Å². The molecule has 0 spiro atoms. The predicted octanol–water partition coefficient (Wildman–Crippen LogP) is 4.88. The zero-order valence-corrected chi connectivity index (χ0v) is 17.8. The van der Waals surface area contributed by atoms with Gasteiger partial charge in [0.15, 0.2) is 0 Å². The number of aryl methyl sites for hydroxylation is 1. The van der Waals surface area contributed by atoms with Gasteiger partial charge in [-0.05, 0) is 51.3 Å². The Morgan fingerprint density at radius 3 is 2.55 bits per heavy atom. The lowest BCUT2D eigenvalue weighted by atomic mass is 9.79. The third kappa shape index (κ3) is 3.38. The average Bonchev–Trinajstić information content (AvgIpc) is 3.46. The van der Waals surface area contributed by atoms with E-state index < -0.39 is 5.91 Å². The van der Waals surface area contributed by atoms with Crippen molar-refractivity contribution in [3.05, 3.63) is 57.8 Å². The number of hydrogen-bond donors (Lipinski definition) is 2. The van der Waals surface area contributed by atoms with Gasteiger partial charge < -0.3 is 4.57 Å². The van der Waals surface area contributed by atoms with Gasteiger partial charge >= 0.3 is 0 Å². The van der Waals surface area contributed by atoms with E-state index in [9.17, 15) is 4.79 Å². The molecule has 1 aliphatic carbocycles. The monoisotopic (exact) mass is 410 g/mol. The van der Waals surface area contributed by atoms with Crippen LogP contribution in [0.25, 0.3) is 11.4 Å². The van der Waals surface area contributed by atoms with Crippen LogP contribution in [-0.4, -0.2) is 25.6 Å². The molecule has 0 atom stereocenters. The van der Waals surface area contributed by atoms with E-state index in [1.54, 1.807) is 28.9 Å². The summed E-state index contributed by atoms with van der Waals surface area (Å²) in [5, 5.41) is 12.1. The Morgan fingerprint density at radius 1 is 1.24 bits per heavy atom. The molecule has 7 heteroatoms. The number of nitrogens with one attached hydrogen (secondary N) is 1. The summed E-state index contributed by atoms with van der Waals surface area (Å²) < 4.78 is 2.22. The molecular weight excluding hydrogens is 384 g/mol. The van der Waals surface area contributed by atoms with Crippen LogP contribution in [0.1, 0.15) is 72.3 Å². The number of hydroxylamine groups is 1. The van der Waals surface area contributed by atoms with Gasteiger partial charge in [-0.25, -0.2) is 15.4 Å². The van der Waals surface area contributed by atoms with Crippen molar-refractivity contribution in [1.82, 2.24) is 20.0 Å². The van der Waals surface area contributed by atoms with Crippen molar-refractivity contribution < 1.29 is 10.0 Å². The molecule has 2 N–H and O–H groups in total. The average molecular weight is 411 g/mol. The quantitative estimate of drug-likeness (QED) is 0.464. The van der Waals surface area contributed by atoms with E-state index in [-0.39, 0.29) is 5.41 Å². The van der Waals surface area contributed by atoms with Crippen molar-refractivity contribution in [2.24, 2.45) is 0 Å². The second-order valence-electron chi connectivity index (χ2n) is 8.00. The van der Waals surface area contributed by atoms with Crippen molar-refractivity contribution in [3.8, 4) is 11.4 Å². The summed E-state index contributed by atoms with van der Waals surface area (Å²) in [5.41, 5.74) is 5.23. The van der Waals surface area contributed by atoms with E-state index in [0.29, 0.717) is 11.6 Å². The number of thiazole rings is 1. The fourth-order valence-electron chi connectivity index (χ4n) is 4.52. The molecule has 1 saturated carbocycles. The molecule has 0 bridgehead atoms. The van der Waals surface area contributed by atoms with Crippen LogP contribution >= 0.6 is 11.3 Å². The predicted molar refractivity (Wildman–Crippen MR) is 113 cm³/mol. The van der Waals surface area contributed by atoms with Crippen LogP contribution in [0.4, 0.5) is 0 Å². The molecule has 152 valence electrons. The van der Waals surface area contributed by atoms with Gasteiger partial charge in [-0.2, -0.15) is 0 Å². The van der Waals surface area contributed by atoms with Crippen LogP contribution in [0.5, 0.6) is 0 Å². The number of carbonyl (C=O) groups is 1. The Hall–Kier alpha value is -2.51.